The van der Waals surface area contributed by atoms with Crippen LogP contribution < -0.4 is 25.1 Å². The van der Waals surface area contributed by atoms with Crippen LogP contribution in [0.1, 0.15) is 23.2 Å². The molecule has 0 radical (unpaired) electrons. The first-order valence-electron chi connectivity index (χ1n) is 10.4. The van der Waals surface area contributed by atoms with Crippen LogP contribution in [-0.2, 0) is 4.74 Å². The van der Waals surface area contributed by atoms with Crippen molar-refractivity contribution in [2.24, 2.45) is 4.99 Å². The Kier molecular flexibility index (Phi) is 6.61. The summed E-state index contributed by atoms with van der Waals surface area (Å²) in [5, 5.41) is 3.67. The van der Waals surface area contributed by atoms with Crippen molar-refractivity contribution in [3.8, 4) is 17.2 Å². The Balaban J connectivity index is 1.84. The maximum atomic E-state index is 13.1. The Bertz CT molecular complexity index is 1180. The number of benzene rings is 2. The van der Waals surface area contributed by atoms with E-state index in [1.54, 1.807) is 51.7 Å². The minimum Gasteiger partial charge on any atom is -0.497 e. The molecule has 1 N–H and O–H groups in total. The molecule has 1 fully saturated rings. The van der Waals surface area contributed by atoms with Gasteiger partial charge in [0.1, 0.15) is 22.7 Å². The monoisotopic (exact) mass is 438 g/mol. The highest BCUT2D eigenvalue weighted by Crippen LogP contribution is 2.31. The molecule has 8 nitrogen and oxygen atoms in total. The van der Waals surface area contributed by atoms with Crippen LogP contribution in [0.4, 0.5) is 5.69 Å². The smallest absolute Gasteiger partial charge is 0.256 e. The first-order chi connectivity index (χ1) is 15.6. The first kappa shape index (κ1) is 21.7. The van der Waals surface area contributed by atoms with Gasteiger partial charge in [-0.1, -0.05) is 12.1 Å². The second kappa shape index (κ2) is 9.74. The number of amides is 1. The van der Waals surface area contributed by atoms with E-state index in [0.29, 0.717) is 40.6 Å². The molecule has 1 aromatic heterocycles. The zero-order valence-corrected chi connectivity index (χ0v) is 18.3. The number of hydrogen-bond acceptors (Lipinski definition) is 7. The molecule has 3 aromatic rings. The molecule has 0 aliphatic carbocycles. The fraction of sp³-hybridized carbons (Fsp3) is 0.333. The molecule has 4 rings (SSSR count). The van der Waals surface area contributed by atoms with Gasteiger partial charge in [-0.3, -0.25) is 4.79 Å². The van der Waals surface area contributed by atoms with Crippen molar-refractivity contribution in [3.05, 3.63) is 53.6 Å². The number of nitrogens with one attached hydrogen (secondary N) is 1. The fourth-order valence-corrected chi connectivity index (χ4v) is 3.63. The van der Waals surface area contributed by atoms with Crippen LogP contribution in [0.3, 0.4) is 0 Å². The fourth-order valence-electron chi connectivity index (χ4n) is 3.63. The lowest BCUT2D eigenvalue weighted by atomic mass is 10.1. The Labute approximate surface area is 185 Å². The molecule has 1 aliphatic rings. The summed E-state index contributed by atoms with van der Waals surface area (Å²) in [6.07, 6.45) is 1.95. The molecule has 1 amide bonds. The molecule has 1 saturated heterocycles. The van der Waals surface area contributed by atoms with E-state index in [2.05, 4.69) is 10.3 Å². The molecule has 8 heteroatoms. The number of rotatable bonds is 7. The van der Waals surface area contributed by atoms with Crippen LogP contribution in [0.15, 0.2) is 51.9 Å². The van der Waals surface area contributed by atoms with Crippen LogP contribution in [-0.4, -0.2) is 46.5 Å². The van der Waals surface area contributed by atoms with Gasteiger partial charge < -0.3 is 28.7 Å². The SMILES string of the molecule is COc1ccc(OC)c(N=c2oc3c(OC)cccc3cc2C(=O)NC[C@@H]2CCCO2)c1. The van der Waals surface area contributed by atoms with E-state index in [9.17, 15) is 4.79 Å². The molecule has 0 bridgehead atoms. The molecule has 0 spiro atoms. The topological polar surface area (TPSA) is 91.5 Å². The van der Waals surface area contributed by atoms with Crippen LogP contribution in [0.5, 0.6) is 17.2 Å². The Hall–Kier alpha value is -3.52. The third-order valence-electron chi connectivity index (χ3n) is 5.33. The van der Waals surface area contributed by atoms with Crippen molar-refractivity contribution in [1.29, 1.82) is 0 Å². The number of para-hydroxylation sites is 1. The lowest BCUT2D eigenvalue weighted by molar-refractivity contribution is 0.0854. The average Bonchev–Trinajstić information content (AvgIpc) is 3.35. The van der Waals surface area contributed by atoms with E-state index in [4.69, 9.17) is 23.4 Å². The molecule has 2 heterocycles. The van der Waals surface area contributed by atoms with E-state index in [1.807, 2.05) is 12.1 Å². The van der Waals surface area contributed by atoms with Gasteiger partial charge in [-0.05, 0) is 37.1 Å². The van der Waals surface area contributed by atoms with Crippen molar-refractivity contribution in [1.82, 2.24) is 5.32 Å². The minimum absolute atomic E-state index is 0.0234. The van der Waals surface area contributed by atoms with Crippen molar-refractivity contribution in [3.63, 3.8) is 0 Å². The molecular weight excluding hydrogens is 412 g/mol. The molecule has 2 aromatic carbocycles. The molecular formula is C24H26N2O6. The Morgan fingerprint density at radius 2 is 1.94 bits per heavy atom. The first-order valence-corrected chi connectivity index (χ1v) is 10.4. The highest BCUT2D eigenvalue weighted by atomic mass is 16.5. The lowest BCUT2D eigenvalue weighted by Gasteiger charge is -2.12. The summed E-state index contributed by atoms with van der Waals surface area (Å²) in [5.41, 5.74) is 1.40. The molecule has 0 saturated carbocycles. The minimum atomic E-state index is -0.297. The van der Waals surface area contributed by atoms with E-state index in [1.165, 1.54) is 0 Å². The zero-order valence-electron chi connectivity index (χ0n) is 18.3. The average molecular weight is 438 g/mol. The number of carbonyl (C=O) groups excluding carboxylic acids is 1. The molecule has 0 unspecified atom stereocenters. The van der Waals surface area contributed by atoms with E-state index < -0.39 is 0 Å². The number of hydrogen-bond donors (Lipinski definition) is 1. The number of fused-ring (bicyclic) bond motifs is 1. The number of ether oxygens (including phenoxy) is 4. The van der Waals surface area contributed by atoms with Crippen LogP contribution in [0, 0.1) is 0 Å². The van der Waals surface area contributed by atoms with Gasteiger partial charge in [0.25, 0.3) is 5.91 Å². The third-order valence-corrected chi connectivity index (χ3v) is 5.33. The van der Waals surface area contributed by atoms with Gasteiger partial charge in [0.2, 0.25) is 5.55 Å². The molecule has 1 atom stereocenters. The van der Waals surface area contributed by atoms with Gasteiger partial charge >= 0.3 is 0 Å². The van der Waals surface area contributed by atoms with Gasteiger partial charge in [-0.15, -0.1) is 0 Å². The van der Waals surface area contributed by atoms with E-state index in [0.717, 1.165) is 24.8 Å². The summed E-state index contributed by atoms with van der Waals surface area (Å²) in [7, 11) is 4.69. The van der Waals surface area contributed by atoms with E-state index >= 15 is 0 Å². The van der Waals surface area contributed by atoms with Crippen LogP contribution in [0.2, 0.25) is 0 Å². The highest BCUT2D eigenvalue weighted by Gasteiger charge is 2.19. The summed E-state index contributed by atoms with van der Waals surface area (Å²) in [4.78, 5) is 17.7. The number of carbonyl (C=O) groups is 1. The maximum absolute atomic E-state index is 13.1. The van der Waals surface area contributed by atoms with Crippen molar-refractivity contribution in [2.45, 2.75) is 18.9 Å². The van der Waals surface area contributed by atoms with Crippen molar-refractivity contribution < 1.29 is 28.2 Å². The summed E-state index contributed by atoms with van der Waals surface area (Å²) < 4.78 is 27.9. The van der Waals surface area contributed by atoms with Crippen LogP contribution >= 0.6 is 0 Å². The molecule has 1 aliphatic heterocycles. The van der Waals surface area contributed by atoms with Gasteiger partial charge in [-0.2, -0.15) is 0 Å². The predicted octanol–water partition coefficient (Wildman–Crippen LogP) is 3.60. The predicted molar refractivity (Wildman–Crippen MR) is 119 cm³/mol. The van der Waals surface area contributed by atoms with Crippen LogP contribution in [0.25, 0.3) is 11.0 Å². The number of nitrogens with zero attached hydrogens (tertiary/aromatic N) is 1. The second-order valence-electron chi connectivity index (χ2n) is 7.34. The summed E-state index contributed by atoms with van der Waals surface area (Å²) in [6.45, 7) is 1.15. The van der Waals surface area contributed by atoms with Gasteiger partial charge in [0.15, 0.2) is 11.3 Å². The summed E-state index contributed by atoms with van der Waals surface area (Å²) in [6, 6.07) is 12.5. The maximum Gasteiger partial charge on any atom is 0.256 e. The van der Waals surface area contributed by atoms with Gasteiger partial charge in [0.05, 0.1) is 27.4 Å². The zero-order chi connectivity index (χ0) is 22.5. The standard InChI is InChI=1S/C24H26N2O6/c1-28-16-9-10-20(29-2)19(13-16)26-24-18(23(27)25-14-17-7-5-11-31-17)12-15-6-4-8-21(30-3)22(15)32-24/h4,6,8-10,12-13,17H,5,7,11,14H2,1-3H3,(H,25,27)/t17-/m0/s1. The summed E-state index contributed by atoms with van der Waals surface area (Å²) >= 11 is 0. The number of methoxy groups -OCH3 is 3. The Morgan fingerprint density at radius 1 is 1.09 bits per heavy atom. The molecule has 32 heavy (non-hydrogen) atoms. The quantitative estimate of drug-likeness (QED) is 0.606. The second-order valence-corrected chi connectivity index (χ2v) is 7.34. The van der Waals surface area contributed by atoms with Crippen molar-refractivity contribution in [2.75, 3.05) is 34.5 Å². The highest BCUT2D eigenvalue weighted by molar-refractivity contribution is 5.97. The van der Waals surface area contributed by atoms with Gasteiger partial charge in [0, 0.05) is 24.6 Å². The largest absolute Gasteiger partial charge is 0.497 e. The molecule has 168 valence electrons. The Morgan fingerprint density at radius 3 is 2.66 bits per heavy atom. The van der Waals surface area contributed by atoms with Crippen molar-refractivity contribution >= 4 is 22.6 Å². The third kappa shape index (κ3) is 4.55. The lowest BCUT2D eigenvalue weighted by Crippen LogP contribution is -2.34. The van der Waals surface area contributed by atoms with E-state index in [-0.39, 0.29) is 17.6 Å². The summed E-state index contributed by atoms with van der Waals surface area (Å²) in [5.74, 6) is 1.37. The normalized spacial score (nSPS) is 16.2. The van der Waals surface area contributed by atoms with Gasteiger partial charge in [-0.25, -0.2) is 4.99 Å².